The van der Waals surface area contributed by atoms with E-state index in [2.05, 4.69) is 163 Å². The van der Waals surface area contributed by atoms with Crippen LogP contribution in [0.2, 0.25) is 0 Å². The first-order valence-corrected chi connectivity index (χ1v) is 17.4. The Morgan fingerprint density at radius 1 is 0.468 bits per heavy atom. The van der Waals surface area contributed by atoms with E-state index in [0.29, 0.717) is 0 Å². The Bertz CT molecular complexity index is 2630. The van der Waals surface area contributed by atoms with Crippen molar-refractivity contribution in [2.24, 2.45) is 0 Å². The molecule has 0 amide bonds. The largest absolute Gasteiger partial charge is 0.310 e. The Balaban J connectivity index is 1.24. The fraction of sp³-hybridized carbons (Fsp3) is 0. The van der Waals surface area contributed by atoms with Crippen molar-refractivity contribution in [2.75, 3.05) is 4.90 Å². The van der Waals surface area contributed by atoms with Gasteiger partial charge in [0.1, 0.15) is 5.01 Å². The zero-order valence-electron chi connectivity index (χ0n) is 25.2. The minimum absolute atomic E-state index is 1.06. The Morgan fingerprint density at radius 2 is 1.19 bits per heavy atom. The van der Waals surface area contributed by atoms with E-state index in [0.717, 1.165) is 27.6 Å². The van der Waals surface area contributed by atoms with Gasteiger partial charge in [-0.05, 0) is 64.4 Å². The van der Waals surface area contributed by atoms with Crippen LogP contribution in [0.15, 0.2) is 158 Å². The molecule has 7 aromatic carbocycles. The Hall–Kier alpha value is -5.55. The number of thiazole rings is 1. The summed E-state index contributed by atoms with van der Waals surface area (Å²) in [6, 6.07) is 57.1. The molecule has 1 aliphatic rings. The molecule has 0 radical (unpaired) electrons. The Labute approximate surface area is 280 Å². The quantitative estimate of drug-likeness (QED) is 0.187. The molecular formula is C43H26N2S2. The summed E-state index contributed by atoms with van der Waals surface area (Å²) in [7, 11) is 0. The number of aromatic nitrogens is 1. The van der Waals surface area contributed by atoms with Gasteiger partial charge in [0.05, 0.1) is 16.3 Å². The van der Waals surface area contributed by atoms with Crippen LogP contribution in [-0.4, -0.2) is 4.98 Å². The molecule has 0 unspecified atom stereocenters. The third-order valence-corrected chi connectivity index (χ3v) is 11.5. The maximum Gasteiger partial charge on any atom is 0.124 e. The lowest BCUT2D eigenvalue weighted by molar-refractivity contribution is 1.30. The van der Waals surface area contributed by atoms with Gasteiger partial charge in [0.2, 0.25) is 0 Å². The monoisotopic (exact) mass is 634 g/mol. The predicted molar refractivity (Wildman–Crippen MR) is 202 cm³/mol. The van der Waals surface area contributed by atoms with E-state index in [1.165, 1.54) is 63.8 Å². The molecule has 0 aliphatic heterocycles. The van der Waals surface area contributed by atoms with Crippen molar-refractivity contribution in [2.45, 2.75) is 0 Å². The number of benzene rings is 7. The number of anilines is 3. The minimum atomic E-state index is 1.06. The Morgan fingerprint density at radius 3 is 2.06 bits per heavy atom. The minimum Gasteiger partial charge on any atom is -0.310 e. The van der Waals surface area contributed by atoms with Crippen LogP contribution >= 0.6 is 22.7 Å². The average Bonchev–Trinajstić information content (AvgIpc) is 3.82. The van der Waals surface area contributed by atoms with Crippen molar-refractivity contribution in [1.82, 2.24) is 4.98 Å². The van der Waals surface area contributed by atoms with Gasteiger partial charge >= 0.3 is 0 Å². The molecular weight excluding hydrogens is 609 g/mol. The molecule has 9 aromatic rings. The summed E-state index contributed by atoms with van der Waals surface area (Å²) in [4.78, 5) is 9.00. The average molecular weight is 635 g/mol. The number of thiophene rings is 1. The molecule has 4 heteroatoms. The molecule has 0 saturated heterocycles. The molecule has 0 N–H and O–H groups in total. The van der Waals surface area contributed by atoms with Crippen LogP contribution in [0.5, 0.6) is 0 Å². The zero-order chi connectivity index (χ0) is 30.9. The third-order valence-electron chi connectivity index (χ3n) is 9.20. The van der Waals surface area contributed by atoms with Crippen LogP contribution in [0.1, 0.15) is 0 Å². The first-order chi connectivity index (χ1) is 23.3. The molecule has 0 bridgehead atoms. The highest BCUT2D eigenvalue weighted by Gasteiger charge is 2.28. The van der Waals surface area contributed by atoms with Gasteiger partial charge in [-0.2, -0.15) is 0 Å². The van der Waals surface area contributed by atoms with Gasteiger partial charge in [0.25, 0.3) is 0 Å². The van der Waals surface area contributed by atoms with Crippen molar-refractivity contribution in [3.63, 3.8) is 0 Å². The maximum absolute atomic E-state index is 5.28. The molecule has 2 aromatic heterocycles. The summed E-state index contributed by atoms with van der Waals surface area (Å²) in [6.07, 6.45) is 0. The van der Waals surface area contributed by atoms with Crippen molar-refractivity contribution in [3.05, 3.63) is 158 Å². The first-order valence-electron chi connectivity index (χ1n) is 15.8. The normalized spacial score (nSPS) is 11.8. The highest BCUT2D eigenvalue weighted by Crippen LogP contribution is 2.54. The molecule has 0 fully saturated rings. The van der Waals surface area contributed by atoms with E-state index in [9.17, 15) is 0 Å². The number of nitrogens with zero attached hydrogens (tertiary/aromatic N) is 2. The standard InChI is InChI=1S/C43H26N2S2/c1-3-12-27(13-4-1)29-16-9-18-31(24-29)45(36-21-11-23-38-40(36)33-19-7-8-22-37(33)46-38)32-25-30-17-10-20-34-39(30)35(26-32)41-42(34)47-43(44-41)28-14-5-2-6-15-28/h1-26H. The van der Waals surface area contributed by atoms with Crippen molar-refractivity contribution < 1.29 is 0 Å². The molecule has 0 saturated carbocycles. The van der Waals surface area contributed by atoms with Crippen molar-refractivity contribution >= 4 is 70.7 Å². The van der Waals surface area contributed by atoms with Crippen LogP contribution in [0.3, 0.4) is 0 Å². The summed E-state index contributed by atoms with van der Waals surface area (Å²) in [6.45, 7) is 0. The summed E-state index contributed by atoms with van der Waals surface area (Å²) in [5, 5.41) is 6.15. The van der Waals surface area contributed by atoms with Crippen molar-refractivity contribution in [1.29, 1.82) is 0 Å². The second kappa shape index (κ2) is 10.5. The van der Waals surface area contributed by atoms with Crippen LogP contribution in [0, 0.1) is 0 Å². The summed E-state index contributed by atoms with van der Waals surface area (Å²) in [5.41, 5.74) is 10.5. The topological polar surface area (TPSA) is 16.1 Å². The van der Waals surface area contributed by atoms with Gasteiger partial charge in [-0.3, -0.25) is 0 Å². The fourth-order valence-corrected chi connectivity index (χ4v) is 9.37. The highest BCUT2D eigenvalue weighted by molar-refractivity contribution is 7.26. The molecule has 2 heterocycles. The molecule has 0 spiro atoms. The third kappa shape index (κ3) is 4.19. The van der Waals surface area contributed by atoms with Gasteiger partial charge in [-0.1, -0.05) is 115 Å². The maximum atomic E-state index is 5.28. The summed E-state index contributed by atoms with van der Waals surface area (Å²) >= 11 is 3.65. The second-order valence-electron chi connectivity index (χ2n) is 12.0. The number of hydrogen-bond donors (Lipinski definition) is 0. The summed E-state index contributed by atoms with van der Waals surface area (Å²) < 4.78 is 2.59. The Kier molecular flexibility index (Phi) is 5.95. The predicted octanol–water partition coefficient (Wildman–Crippen LogP) is 13.1. The first kappa shape index (κ1) is 26.6. The van der Waals surface area contributed by atoms with Crippen LogP contribution in [-0.2, 0) is 0 Å². The number of fused-ring (bicyclic) bond motifs is 6. The molecule has 0 atom stereocenters. The van der Waals surface area contributed by atoms with E-state index >= 15 is 0 Å². The van der Waals surface area contributed by atoms with Gasteiger partial charge in [-0.25, -0.2) is 4.98 Å². The lowest BCUT2D eigenvalue weighted by Crippen LogP contribution is -2.10. The molecule has 1 aliphatic carbocycles. The lowest BCUT2D eigenvalue weighted by Gasteiger charge is -2.28. The van der Waals surface area contributed by atoms with E-state index in [-0.39, 0.29) is 0 Å². The SMILES string of the molecule is c1ccc(-c2cccc(N(c3cc4c5c(cccc5c3)-c3sc(-c5ccccc5)nc3-4)c3cccc4sc5ccccc5c34)c2)cc1. The fourth-order valence-electron chi connectivity index (χ4n) is 7.13. The van der Waals surface area contributed by atoms with E-state index in [4.69, 9.17) is 4.98 Å². The summed E-state index contributed by atoms with van der Waals surface area (Å²) in [5.74, 6) is 0. The highest BCUT2D eigenvalue weighted by atomic mass is 32.1. The van der Waals surface area contributed by atoms with E-state index in [1.54, 1.807) is 11.3 Å². The lowest BCUT2D eigenvalue weighted by atomic mass is 10.0. The smallest absolute Gasteiger partial charge is 0.124 e. The van der Waals surface area contributed by atoms with Gasteiger partial charge in [0.15, 0.2) is 0 Å². The molecule has 2 nitrogen and oxygen atoms in total. The zero-order valence-corrected chi connectivity index (χ0v) is 26.9. The molecule has 47 heavy (non-hydrogen) atoms. The van der Waals surface area contributed by atoms with Gasteiger partial charge in [0, 0.05) is 48.2 Å². The molecule has 10 rings (SSSR count). The molecule has 220 valence electrons. The van der Waals surface area contributed by atoms with Crippen molar-refractivity contribution in [3.8, 4) is 43.4 Å². The number of hydrogen-bond acceptors (Lipinski definition) is 4. The van der Waals surface area contributed by atoms with E-state index < -0.39 is 0 Å². The van der Waals surface area contributed by atoms with Gasteiger partial charge in [-0.15, -0.1) is 22.7 Å². The van der Waals surface area contributed by atoms with Crippen LogP contribution in [0.4, 0.5) is 17.1 Å². The number of rotatable bonds is 5. The van der Waals surface area contributed by atoms with E-state index in [1.807, 2.05) is 11.3 Å². The van der Waals surface area contributed by atoms with Crippen LogP contribution in [0.25, 0.3) is 74.3 Å². The van der Waals surface area contributed by atoms with Crippen LogP contribution < -0.4 is 4.90 Å². The second-order valence-corrected chi connectivity index (χ2v) is 14.0. The van der Waals surface area contributed by atoms with Gasteiger partial charge < -0.3 is 4.90 Å².